The van der Waals surface area contributed by atoms with Crippen molar-refractivity contribution in [2.45, 2.75) is 40.0 Å². The summed E-state index contributed by atoms with van der Waals surface area (Å²) in [6, 6.07) is 4.38. The Morgan fingerprint density at radius 2 is 1.62 bits per heavy atom. The topological polar surface area (TPSA) is 0 Å². The number of hydrogen-bond acceptors (Lipinski definition) is 0. The molecule has 0 heterocycles. The van der Waals surface area contributed by atoms with E-state index in [4.69, 9.17) is 0 Å². The van der Waals surface area contributed by atoms with E-state index in [-0.39, 0.29) is 5.41 Å². The lowest BCUT2D eigenvalue weighted by Crippen LogP contribution is -2.21. The van der Waals surface area contributed by atoms with Gasteiger partial charge < -0.3 is 0 Å². The van der Waals surface area contributed by atoms with E-state index < -0.39 is 0 Å². The first-order valence-electron chi connectivity index (χ1n) is 4.70. The van der Waals surface area contributed by atoms with Gasteiger partial charge in [0.2, 0.25) is 0 Å². The molecule has 0 aliphatic carbocycles. The van der Waals surface area contributed by atoms with E-state index in [1.807, 2.05) is 0 Å². The zero-order valence-corrected chi connectivity index (χ0v) is 10.4. The van der Waals surface area contributed by atoms with Crippen LogP contribution in [0.3, 0.4) is 0 Å². The number of rotatable bonds is 0. The third-order valence-electron chi connectivity index (χ3n) is 2.52. The Kier molecular flexibility index (Phi) is 2.82. The van der Waals surface area contributed by atoms with E-state index in [0.717, 1.165) is 0 Å². The second kappa shape index (κ2) is 3.42. The molecule has 0 aliphatic heterocycles. The van der Waals surface area contributed by atoms with Crippen LogP contribution in [-0.2, 0) is 5.41 Å². The zero-order valence-electron chi connectivity index (χ0n) is 9.23. The maximum atomic E-state index is 2.83. The van der Waals surface area contributed by atoms with E-state index in [0.29, 0.717) is 0 Å². The average molecular weight is 194 g/mol. The van der Waals surface area contributed by atoms with Gasteiger partial charge in [0.05, 0.1) is 0 Å². The summed E-state index contributed by atoms with van der Waals surface area (Å²) in [6.07, 6.45) is 0. The largest absolute Gasteiger partial charge is 0.105 e. The molecule has 0 fully saturated rings. The number of hydrogen-bond donors (Lipinski definition) is 0. The van der Waals surface area contributed by atoms with Gasteiger partial charge in [0.15, 0.2) is 0 Å². The van der Waals surface area contributed by atoms with Crippen molar-refractivity contribution in [1.29, 1.82) is 0 Å². The lowest BCUT2D eigenvalue weighted by molar-refractivity contribution is 0.589. The average Bonchev–Trinajstić information content (AvgIpc) is 1.95. The van der Waals surface area contributed by atoms with Crippen molar-refractivity contribution in [2.24, 2.45) is 0 Å². The summed E-state index contributed by atoms with van der Waals surface area (Å²) in [4.78, 5) is 0. The minimum absolute atomic E-state index is 0.243. The molecular weight excluding hydrogens is 175 g/mol. The van der Waals surface area contributed by atoms with E-state index in [2.05, 4.69) is 56.0 Å². The molecule has 1 atom stereocenters. The fraction of sp³-hybridized carbons (Fsp3) is 0.500. The predicted molar refractivity (Wildman–Crippen MR) is 64.0 cm³/mol. The van der Waals surface area contributed by atoms with Crippen molar-refractivity contribution in [3.8, 4) is 0 Å². The molecule has 0 N–H and O–H groups in total. The van der Waals surface area contributed by atoms with E-state index in [1.54, 1.807) is 0 Å². The normalized spacial score (nSPS) is 11.8. The highest BCUT2D eigenvalue weighted by atomic mass is 31.0. The van der Waals surface area contributed by atoms with Gasteiger partial charge in [0.1, 0.15) is 0 Å². The Bertz CT molecular complexity index is 319. The van der Waals surface area contributed by atoms with Crippen molar-refractivity contribution in [2.75, 3.05) is 0 Å². The molecule has 0 saturated carbocycles. The van der Waals surface area contributed by atoms with Crippen LogP contribution >= 0.6 is 9.24 Å². The SMILES string of the molecule is Cc1ccc(P)c(C(C)(C)C)c1C. The Balaban J connectivity index is 3.43. The molecule has 1 aromatic rings. The van der Waals surface area contributed by atoms with Gasteiger partial charge >= 0.3 is 0 Å². The molecular formula is C12H19P. The highest BCUT2D eigenvalue weighted by molar-refractivity contribution is 7.27. The predicted octanol–water partition coefficient (Wildman–Crippen LogP) is 3.10. The van der Waals surface area contributed by atoms with Crippen molar-refractivity contribution < 1.29 is 0 Å². The van der Waals surface area contributed by atoms with Crippen LogP contribution < -0.4 is 5.30 Å². The molecule has 1 unspecified atom stereocenters. The van der Waals surface area contributed by atoms with Gasteiger partial charge in [-0.2, -0.15) is 0 Å². The van der Waals surface area contributed by atoms with Crippen molar-refractivity contribution in [3.63, 3.8) is 0 Å². The van der Waals surface area contributed by atoms with Crippen LogP contribution in [0.15, 0.2) is 12.1 Å². The molecule has 1 aromatic carbocycles. The smallest absolute Gasteiger partial charge is 0.0123 e. The summed E-state index contributed by atoms with van der Waals surface area (Å²) < 4.78 is 0. The van der Waals surface area contributed by atoms with E-state index in [1.165, 1.54) is 22.0 Å². The molecule has 1 rings (SSSR count). The molecule has 0 bridgehead atoms. The van der Waals surface area contributed by atoms with Gasteiger partial charge in [-0.1, -0.05) is 32.9 Å². The third-order valence-corrected chi connectivity index (χ3v) is 3.00. The monoisotopic (exact) mass is 194 g/mol. The maximum absolute atomic E-state index is 2.83. The fourth-order valence-corrected chi connectivity index (χ4v) is 2.58. The molecule has 0 amide bonds. The molecule has 1 heteroatoms. The lowest BCUT2D eigenvalue weighted by atomic mass is 9.83. The summed E-state index contributed by atoms with van der Waals surface area (Å²) in [7, 11) is 2.83. The first-order valence-corrected chi connectivity index (χ1v) is 5.28. The van der Waals surface area contributed by atoms with Crippen LogP contribution in [0.1, 0.15) is 37.5 Å². The van der Waals surface area contributed by atoms with Crippen LogP contribution in [0.4, 0.5) is 0 Å². The fourth-order valence-electron chi connectivity index (χ4n) is 1.83. The van der Waals surface area contributed by atoms with Crippen LogP contribution in [0.2, 0.25) is 0 Å². The Labute approximate surface area is 84.0 Å². The molecule has 0 nitrogen and oxygen atoms in total. The van der Waals surface area contributed by atoms with Crippen molar-refractivity contribution in [1.82, 2.24) is 0 Å². The van der Waals surface area contributed by atoms with Gasteiger partial charge in [-0.25, -0.2) is 0 Å². The van der Waals surface area contributed by atoms with Gasteiger partial charge in [0.25, 0.3) is 0 Å². The van der Waals surface area contributed by atoms with Gasteiger partial charge in [-0.15, -0.1) is 9.24 Å². The molecule has 0 saturated heterocycles. The van der Waals surface area contributed by atoms with Crippen LogP contribution in [-0.4, -0.2) is 0 Å². The first kappa shape index (κ1) is 10.7. The second-order valence-corrected chi connectivity index (χ2v) is 5.34. The number of benzene rings is 1. The van der Waals surface area contributed by atoms with E-state index in [9.17, 15) is 0 Å². The quantitative estimate of drug-likeness (QED) is 0.557. The Morgan fingerprint density at radius 1 is 1.08 bits per heavy atom. The molecule has 72 valence electrons. The minimum atomic E-state index is 0.243. The zero-order chi connectivity index (χ0) is 10.2. The van der Waals surface area contributed by atoms with Crippen molar-refractivity contribution >= 4 is 14.5 Å². The first-order chi connectivity index (χ1) is 5.84. The second-order valence-electron chi connectivity index (χ2n) is 4.72. The molecule has 0 aromatic heterocycles. The Morgan fingerprint density at radius 3 is 2.00 bits per heavy atom. The summed E-state index contributed by atoms with van der Waals surface area (Å²) in [5, 5.41) is 1.33. The third kappa shape index (κ3) is 2.11. The van der Waals surface area contributed by atoms with Crippen molar-refractivity contribution in [3.05, 3.63) is 28.8 Å². The molecule has 0 aliphatic rings. The summed E-state index contributed by atoms with van der Waals surface area (Å²) >= 11 is 0. The van der Waals surface area contributed by atoms with Gasteiger partial charge in [-0.05, 0) is 41.3 Å². The van der Waals surface area contributed by atoms with Gasteiger partial charge in [0, 0.05) is 0 Å². The molecule has 13 heavy (non-hydrogen) atoms. The summed E-state index contributed by atoms with van der Waals surface area (Å²) in [5.74, 6) is 0. The highest BCUT2D eigenvalue weighted by Crippen LogP contribution is 2.26. The molecule has 0 radical (unpaired) electrons. The minimum Gasteiger partial charge on any atom is -0.105 e. The standard InChI is InChI=1S/C12H19P/c1-8-6-7-10(13)11(9(8)2)12(3,4)5/h6-7H,13H2,1-5H3. The number of aryl methyl sites for hydroxylation is 1. The van der Waals surface area contributed by atoms with E-state index >= 15 is 0 Å². The highest BCUT2D eigenvalue weighted by Gasteiger charge is 2.19. The van der Waals surface area contributed by atoms with Crippen LogP contribution in [0.5, 0.6) is 0 Å². The van der Waals surface area contributed by atoms with Crippen LogP contribution in [0, 0.1) is 13.8 Å². The summed E-state index contributed by atoms with van der Waals surface area (Å²) in [6.45, 7) is 11.2. The lowest BCUT2D eigenvalue weighted by Gasteiger charge is -2.25. The Hall–Kier alpha value is -0.350. The maximum Gasteiger partial charge on any atom is -0.0123 e. The molecule has 0 spiro atoms. The van der Waals surface area contributed by atoms with Crippen LogP contribution in [0.25, 0.3) is 0 Å². The summed E-state index contributed by atoms with van der Waals surface area (Å²) in [5.41, 5.74) is 4.53. The van der Waals surface area contributed by atoms with Gasteiger partial charge in [-0.3, -0.25) is 0 Å².